The number of likely N-dealkylation sites (tertiary alicyclic amines) is 1. The molecule has 0 aromatic carbocycles. The van der Waals surface area contributed by atoms with Crippen LogP contribution in [-0.4, -0.2) is 47.6 Å². The maximum Gasteiger partial charge on any atom is 0.262 e. The van der Waals surface area contributed by atoms with Crippen LogP contribution in [0, 0.1) is 5.92 Å². The largest absolute Gasteiger partial charge is 0.340 e. The zero-order valence-electron chi connectivity index (χ0n) is 16.7. The number of rotatable bonds is 2. The zero-order valence-corrected chi connectivity index (χ0v) is 16.7. The van der Waals surface area contributed by atoms with Crippen LogP contribution in [0.5, 0.6) is 0 Å². The molecule has 2 bridgehead atoms. The third kappa shape index (κ3) is 2.80. The highest BCUT2D eigenvalue weighted by Gasteiger charge is 2.36. The zero-order chi connectivity index (χ0) is 21.1. The van der Waals surface area contributed by atoms with E-state index in [1.54, 1.807) is 41.2 Å². The summed E-state index contributed by atoms with van der Waals surface area (Å²) in [6.45, 7) is 1.79. The molecule has 31 heavy (non-hydrogen) atoms. The molecule has 0 radical (unpaired) electrons. The number of carbonyl (C=O) groups is 1. The van der Waals surface area contributed by atoms with Crippen molar-refractivity contribution < 1.29 is 4.79 Å². The highest BCUT2D eigenvalue weighted by atomic mass is 16.2. The van der Waals surface area contributed by atoms with Crippen LogP contribution in [0.15, 0.2) is 58.5 Å². The van der Waals surface area contributed by atoms with Gasteiger partial charge in [0.2, 0.25) is 5.91 Å². The Bertz CT molecular complexity index is 1470. The van der Waals surface area contributed by atoms with Gasteiger partial charge in [-0.25, -0.2) is 9.50 Å². The molecule has 4 aromatic rings. The van der Waals surface area contributed by atoms with Crippen LogP contribution in [0.25, 0.3) is 16.6 Å². The minimum absolute atomic E-state index is 0.0209. The Kier molecular flexibility index (Phi) is 3.86. The molecule has 0 aliphatic carbocycles. The van der Waals surface area contributed by atoms with E-state index in [0.29, 0.717) is 36.2 Å². The SMILES string of the molecule is O=C(Cn1ccc2c(cnc3ccnn32)c1=O)N1C[C@H]2C[C@@H](C1)c1cccc(=O)n1C2. The number of hydrogen-bond donors (Lipinski definition) is 0. The summed E-state index contributed by atoms with van der Waals surface area (Å²) in [6, 6.07) is 8.92. The number of hydrogen-bond acceptors (Lipinski definition) is 5. The lowest BCUT2D eigenvalue weighted by Crippen LogP contribution is -2.50. The molecule has 6 rings (SSSR count). The Morgan fingerprint density at radius 2 is 2.00 bits per heavy atom. The highest BCUT2D eigenvalue weighted by Crippen LogP contribution is 2.34. The van der Waals surface area contributed by atoms with Gasteiger partial charge in [-0.15, -0.1) is 0 Å². The molecule has 0 spiro atoms. The molecule has 9 nitrogen and oxygen atoms in total. The number of pyridine rings is 2. The quantitative estimate of drug-likeness (QED) is 0.483. The van der Waals surface area contributed by atoms with E-state index in [2.05, 4.69) is 10.1 Å². The molecule has 2 aliphatic rings. The van der Waals surface area contributed by atoms with Crippen molar-refractivity contribution in [2.45, 2.75) is 25.4 Å². The second kappa shape index (κ2) is 6.63. The Hall–Kier alpha value is -3.75. The Balaban J connectivity index is 1.28. The Morgan fingerprint density at radius 1 is 1.10 bits per heavy atom. The lowest BCUT2D eigenvalue weighted by molar-refractivity contribution is -0.134. The number of aromatic nitrogens is 5. The predicted octanol–water partition coefficient (Wildman–Crippen LogP) is 0.852. The van der Waals surface area contributed by atoms with Crippen molar-refractivity contribution >= 4 is 22.5 Å². The number of amides is 1. The molecular weight excluding hydrogens is 396 g/mol. The molecule has 2 atom stereocenters. The summed E-state index contributed by atoms with van der Waals surface area (Å²) in [6.07, 6.45) is 5.80. The molecule has 0 N–H and O–H groups in total. The topological polar surface area (TPSA) is 94.5 Å². The monoisotopic (exact) mass is 416 g/mol. The first-order valence-electron chi connectivity index (χ1n) is 10.4. The van der Waals surface area contributed by atoms with Gasteiger partial charge in [0.25, 0.3) is 11.1 Å². The molecule has 9 heteroatoms. The molecule has 1 amide bonds. The summed E-state index contributed by atoms with van der Waals surface area (Å²) < 4.78 is 4.90. The van der Waals surface area contributed by atoms with Crippen LogP contribution in [0.3, 0.4) is 0 Å². The fraction of sp³-hybridized carbons (Fsp3) is 0.318. The first-order chi connectivity index (χ1) is 15.1. The van der Waals surface area contributed by atoms with Crippen LogP contribution in [0.1, 0.15) is 18.0 Å². The van der Waals surface area contributed by atoms with Crippen molar-refractivity contribution in [2.24, 2.45) is 5.92 Å². The fourth-order valence-electron chi connectivity index (χ4n) is 5.07. The van der Waals surface area contributed by atoms with Crippen LogP contribution < -0.4 is 11.1 Å². The third-order valence-corrected chi connectivity index (χ3v) is 6.49. The van der Waals surface area contributed by atoms with E-state index in [-0.39, 0.29) is 35.4 Å². The Labute approximate surface area is 176 Å². The van der Waals surface area contributed by atoms with Crippen molar-refractivity contribution in [1.29, 1.82) is 0 Å². The second-order valence-corrected chi connectivity index (χ2v) is 8.40. The number of piperidine rings is 1. The van der Waals surface area contributed by atoms with Crippen molar-refractivity contribution in [1.82, 2.24) is 28.6 Å². The van der Waals surface area contributed by atoms with Crippen molar-refractivity contribution in [3.63, 3.8) is 0 Å². The Morgan fingerprint density at radius 3 is 2.90 bits per heavy atom. The lowest BCUT2D eigenvalue weighted by atomic mass is 9.83. The fourth-order valence-corrected chi connectivity index (χ4v) is 5.07. The first-order valence-corrected chi connectivity index (χ1v) is 10.4. The molecule has 1 saturated heterocycles. The minimum Gasteiger partial charge on any atom is -0.340 e. The molecule has 1 fully saturated rings. The summed E-state index contributed by atoms with van der Waals surface area (Å²) in [5, 5.41) is 4.64. The molecule has 0 unspecified atom stereocenters. The van der Waals surface area contributed by atoms with Gasteiger partial charge in [-0.1, -0.05) is 6.07 Å². The maximum atomic E-state index is 13.1. The van der Waals surface area contributed by atoms with E-state index in [0.717, 1.165) is 12.1 Å². The lowest BCUT2D eigenvalue weighted by Gasteiger charge is -2.42. The summed E-state index contributed by atoms with van der Waals surface area (Å²) in [7, 11) is 0. The van der Waals surface area contributed by atoms with E-state index < -0.39 is 0 Å². The average Bonchev–Trinajstić information content (AvgIpc) is 3.25. The van der Waals surface area contributed by atoms with Crippen LogP contribution >= 0.6 is 0 Å². The summed E-state index contributed by atoms with van der Waals surface area (Å²) in [5.74, 6) is 0.313. The smallest absolute Gasteiger partial charge is 0.262 e. The van der Waals surface area contributed by atoms with Crippen molar-refractivity contribution in [2.75, 3.05) is 13.1 Å². The third-order valence-electron chi connectivity index (χ3n) is 6.49. The van der Waals surface area contributed by atoms with Crippen molar-refractivity contribution in [3.05, 3.63) is 75.3 Å². The van der Waals surface area contributed by atoms with E-state index in [4.69, 9.17) is 0 Å². The molecule has 156 valence electrons. The standard InChI is InChI=1S/C22H20N6O3/c29-20-3-1-2-17-15-8-14(11-27(17)20)10-26(12-15)21(30)13-25-7-5-18-16(22(25)31)9-23-19-4-6-24-28(18)19/h1-7,9,14-15H,8,10-13H2/t14-,15+/m1/s1. The van der Waals surface area contributed by atoms with Gasteiger partial charge in [0.15, 0.2) is 5.65 Å². The van der Waals surface area contributed by atoms with E-state index in [1.165, 1.54) is 10.8 Å². The average molecular weight is 416 g/mol. The molecular formula is C22H20N6O3. The maximum absolute atomic E-state index is 13.1. The molecule has 4 aromatic heterocycles. The minimum atomic E-state index is -0.259. The normalized spacial score (nSPS) is 20.2. The highest BCUT2D eigenvalue weighted by molar-refractivity contribution is 5.80. The van der Waals surface area contributed by atoms with Gasteiger partial charge in [-0.2, -0.15) is 5.10 Å². The van der Waals surface area contributed by atoms with E-state index in [1.807, 2.05) is 15.5 Å². The van der Waals surface area contributed by atoms with Crippen LogP contribution in [0.4, 0.5) is 0 Å². The van der Waals surface area contributed by atoms with Gasteiger partial charge in [0.05, 0.1) is 17.1 Å². The van der Waals surface area contributed by atoms with Crippen LogP contribution in [0.2, 0.25) is 0 Å². The molecule has 2 aliphatic heterocycles. The van der Waals surface area contributed by atoms with Crippen LogP contribution in [-0.2, 0) is 17.9 Å². The van der Waals surface area contributed by atoms with E-state index in [9.17, 15) is 14.4 Å². The summed E-state index contributed by atoms with van der Waals surface area (Å²) >= 11 is 0. The van der Waals surface area contributed by atoms with E-state index >= 15 is 0 Å². The van der Waals surface area contributed by atoms with Gasteiger partial charge in [-0.3, -0.25) is 14.4 Å². The van der Waals surface area contributed by atoms with Gasteiger partial charge < -0.3 is 14.0 Å². The number of nitrogens with zero attached hydrogens (tertiary/aromatic N) is 6. The molecule has 0 saturated carbocycles. The van der Waals surface area contributed by atoms with Gasteiger partial charge >= 0.3 is 0 Å². The predicted molar refractivity (Wildman–Crippen MR) is 113 cm³/mol. The first kappa shape index (κ1) is 18.1. The number of fused-ring (bicyclic) bond motifs is 7. The summed E-state index contributed by atoms with van der Waals surface area (Å²) in [5.41, 5.74) is 2.09. The number of carbonyl (C=O) groups excluding carboxylic acids is 1. The second-order valence-electron chi connectivity index (χ2n) is 8.40. The molecule has 6 heterocycles. The van der Waals surface area contributed by atoms with Crippen molar-refractivity contribution in [3.8, 4) is 0 Å². The van der Waals surface area contributed by atoms with Gasteiger partial charge in [0.1, 0.15) is 6.54 Å². The van der Waals surface area contributed by atoms with Gasteiger partial charge in [0, 0.05) is 55.8 Å². The summed E-state index contributed by atoms with van der Waals surface area (Å²) in [4.78, 5) is 44.4. The van der Waals surface area contributed by atoms with Gasteiger partial charge in [-0.05, 0) is 24.5 Å².